The van der Waals surface area contributed by atoms with Gasteiger partial charge in [-0.05, 0) is 31.9 Å². The van der Waals surface area contributed by atoms with E-state index in [4.69, 9.17) is 61.6 Å². The highest BCUT2D eigenvalue weighted by atomic mass is 32.2. The Morgan fingerprint density at radius 2 is 0.855 bits per heavy atom. The maximum Gasteiger partial charge on any atom is 0.481 e. The van der Waals surface area contributed by atoms with Gasteiger partial charge in [0.2, 0.25) is 5.91 Å². The van der Waals surface area contributed by atoms with Gasteiger partial charge in [0.15, 0.2) is 0 Å². The second kappa shape index (κ2) is 24.6. The average Bonchev–Trinajstić information content (AvgIpc) is 3.22. The maximum absolute atomic E-state index is 13.6. The summed E-state index contributed by atoms with van der Waals surface area (Å²) < 4.78 is 91.5. The molecule has 6 rings (SSSR count). The number of unbranched alkanes of at least 4 members (excludes halogenated alkanes) is 9. The number of thioether (sulfide) groups is 2. The smallest absolute Gasteiger partial charge is 0.373 e. The molecule has 0 aromatic carbocycles. The minimum absolute atomic E-state index is 0.159. The van der Waals surface area contributed by atoms with E-state index in [1.807, 2.05) is 104 Å². The molecule has 6 aliphatic heterocycles. The molecule has 0 spiro atoms. The van der Waals surface area contributed by atoms with Gasteiger partial charge in [-0.3, -0.25) is 4.79 Å². The second-order valence-corrected chi connectivity index (χ2v) is 53.9. The predicted octanol–water partition coefficient (Wildman–Crippen LogP) is 12.9. The third-order valence-corrected chi connectivity index (χ3v) is 54.8. The van der Waals surface area contributed by atoms with Crippen LogP contribution in [0.4, 0.5) is 0 Å². The van der Waals surface area contributed by atoms with Gasteiger partial charge in [-0.25, -0.2) is 0 Å². The molecule has 0 aromatic rings. The fourth-order valence-corrected chi connectivity index (χ4v) is 65.7. The van der Waals surface area contributed by atoms with Gasteiger partial charge in [0.25, 0.3) is 0 Å². The average molecular weight is 1160 g/mol. The van der Waals surface area contributed by atoms with Crippen LogP contribution in [0.2, 0.25) is 44.8 Å². The SMILES string of the molecule is CCCCCCCCCCCCSC(=S)SC(C)(C#N)CCC(=O)NCCC[Si]12O[Si]3(C(C)C)O[Si]4(C(C)C)O[Si](C(C)C)(O1)O[Si]1(C(C)C)O[Si](C(C)C)(O2)O[Si](C(C)C)(O3)O[Si](C(C)C)(O4)O1. The van der Waals surface area contributed by atoms with Crippen LogP contribution < -0.4 is 5.32 Å². The summed E-state index contributed by atoms with van der Waals surface area (Å²) >= 11 is 8.77. The molecule has 1 unspecified atom stereocenters. The lowest BCUT2D eigenvalue weighted by Gasteiger charge is -2.66. The van der Waals surface area contributed by atoms with Gasteiger partial charge in [-0.15, -0.1) is 11.8 Å². The molecular weight excluding hydrogens is 1070 g/mol. The van der Waals surface area contributed by atoms with E-state index in [9.17, 15) is 10.1 Å². The van der Waals surface area contributed by atoms with Crippen LogP contribution in [0.15, 0.2) is 0 Å². The van der Waals surface area contributed by atoms with Crippen molar-refractivity contribution in [3.8, 4) is 6.07 Å². The highest BCUT2D eigenvalue weighted by molar-refractivity contribution is 8.47. The van der Waals surface area contributed by atoms with E-state index in [1.54, 1.807) is 11.8 Å². The van der Waals surface area contributed by atoms with E-state index < -0.39 is 75.2 Å². The number of rotatable bonds is 26. The zero-order valence-corrected chi connectivity index (χ0v) is 55.3. The molecule has 8 bridgehead atoms. The summed E-state index contributed by atoms with van der Waals surface area (Å²) in [7, 11) is -32.3. The first-order chi connectivity index (χ1) is 32.2. The summed E-state index contributed by atoms with van der Waals surface area (Å²) in [6.07, 6.45) is 13.8. The highest BCUT2D eigenvalue weighted by Crippen LogP contribution is 2.59. The maximum atomic E-state index is 13.6. The molecule has 1 atom stereocenters. The van der Waals surface area contributed by atoms with Gasteiger partial charge in [-0.2, -0.15) is 5.26 Å². The van der Waals surface area contributed by atoms with Crippen LogP contribution in [0.1, 0.15) is 194 Å². The predicted molar refractivity (Wildman–Crippen MR) is 295 cm³/mol. The van der Waals surface area contributed by atoms with Crippen LogP contribution in [-0.4, -0.2) is 96.9 Å². The van der Waals surface area contributed by atoms with Crippen LogP contribution in [0.25, 0.3) is 0 Å². The molecule has 1 N–H and O–H groups in total. The van der Waals surface area contributed by atoms with Gasteiger partial charge >= 0.3 is 70.4 Å². The summed E-state index contributed by atoms with van der Waals surface area (Å²) in [6.45, 7) is 32.9. The number of thiocarbonyl (C=S) groups is 1. The first-order valence-electron chi connectivity index (χ1n) is 26.2. The van der Waals surface area contributed by atoms with Crippen molar-refractivity contribution in [3.63, 3.8) is 0 Å². The van der Waals surface area contributed by atoms with Crippen molar-refractivity contribution < 1.29 is 54.2 Å². The largest absolute Gasteiger partial charge is 0.481 e. The van der Waals surface area contributed by atoms with Gasteiger partial charge in [0.05, 0.1) is 6.07 Å². The molecule has 0 saturated carbocycles. The zero-order valence-electron chi connectivity index (χ0n) is 44.8. The second-order valence-electron chi connectivity index (χ2n) is 21.9. The minimum atomic E-state index is -4.14. The number of amides is 1. The molecular formula is C43H88N2O13S3Si8. The van der Waals surface area contributed by atoms with Crippen molar-refractivity contribution in [1.29, 1.82) is 5.26 Å². The van der Waals surface area contributed by atoms with Gasteiger partial charge in [0.1, 0.15) is 8.28 Å². The molecule has 6 aliphatic rings. The molecule has 1 amide bonds. The van der Waals surface area contributed by atoms with Crippen molar-refractivity contribution in [2.75, 3.05) is 12.3 Å². The Morgan fingerprint density at radius 3 is 1.17 bits per heavy atom. The number of hydrogen-bond acceptors (Lipinski definition) is 17. The molecule has 6 saturated heterocycles. The third kappa shape index (κ3) is 13.8. The van der Waals surface area contributed by atoms with Crippen molar-refractivity contribution in [2.45, 2.75) is 244 Å². The van der Waals surface area contributed by atoms with Gasteiger partial charge in [-0.1, -0.05) is 186 Å². The molecule has 69 heavy (non-hydrogen) atoms. The topological polar surface area (TPSA) is 164 Å². The Bertz CT molecular complexity index is 1650. The zero-order chi connectivity index (χ0) is 51.3. The number of nitriles is 1. The number of nitrogens with one attached hydrogen (secondary N) is 1. The first kappa shape index (κ1) is 60.9. The van der Waals surface area contributed by atoms with Crippen molar-refractivity contribution in [3.05, 3.63) is 0 Å². The Morgan fingerprint density at radius 1 is 0.536 bits per heavy atom. The lowest BCUT2D eigenvalue weighted by molar-refractivity contribution is -0.121. The molecule has 0 radical (unpaired) electrons. The van der Waals surface area contributed by atoms with Gasteiger partial charge < -0.3 is 54.7 Å². The highest BCUT2D eigenvalue weighted by Gasteiger charge is 2.85. The standard InChI is InChI=1S/C43H88N2O13S3Si8/c1-17-18-19-20-21-22-23-24-25-26-31-60-42(59)61-43(16,33-44)29-28-41(46)45-30-27-32-62-47-63(34(2)3)50-66(37(8)9)52-64(48-62,35(4)5)54-68(39(12)13)55-65(49-62,36(6)7)53-67(51-63,38(10)11)57-69(56-66,58-68)40(14)15/h34-40H,17-32H2,1-16H3,(H,45,46). The van der Waals surface area contributed by atoms with Crippen molar-refractivity contribution in [1.82, 2.24) is 5.32 Å². The molecule has 398 valence electrons. The van der Waals surface area contributed by atoms with Crippen LogP contribution in [-0.2, 0) is 54.2 Å². The van der Waals surface area contributed by atoms with E-state index in [-0.39, 0.29) is 57.2 Å². The summed E-state index contributed by atoms with van der Waals surface area (Å²) in [5, 5.41) is 13.4. The molecule has 0 aliphatic carbocycles. The molecule has 6 heterocycles. The summed E-state index contributed by atoms with van der Waals surface area (Å²) in [4.78, 5) is 13.6. The van der Waals surface area contributed by atoms with Gasteiger partial charge in [0, 0.05) is 57.8 Å². The lowest BCUT2D eigenvalue weighted by Crippen LogP contribution is -2.90. The Balaban J connectivity index is 1.38. The van der Waals surface area contributed by atoms with Crippen molar-refractivity contribution >= 4 is 116 Å². The molecule has 0 aromatic heterocycles. The summed E-state index contributed by atoms with van der Waals surface area (Å²) in [6, 6.07) is 2.69. The number of hydrogen-bond donors (Lipinski definition) is 1. The number of carbonyl (C=O) groups is 1. The Hall–Kier alpha value is 1.01. The van der Waals surface area contributed by atoms with E-state index in [2.05, 4.69) is 18.3 Å². The fraction of sp³-hybridized carbons (Fsp3) is 0.930. The number of carbonyl (C=O) groups excluding carboxylic acids is 1. The normalized spacial score (nSPS) is 35.2. The monoisotopic (exact) mass is 1160 g/mol. The van der Waals surface area contributed by atoms with E-state index in [1.165, 1.54) is 69.5 Å². The van der Waals surface area contributed by atoms with Crippen LogP contribution in [0.5, 0.6) is 0 Å². The van der Waals surface area contributed by atoms with E-state index in [0.29, 0.717) is 19.4 Å². The number of nitrogens with zero attached hydrogens (tertiary/aromatic N) is 1. The first-order valence-corrected chi connectivity index (χ1v) is 42.9. The molecule has 15 nitrogen and oxygen atoms in total. The quantitative estimate of drug-likeness (QED) is 0.0494. The summed E-state index contributed by atoms with van der Waals surface area (Å²) in [5.74, 6) is 0.787. The molecule has 26 heteroatoms. The molecule has 6 fully saturated rings. The van der Waals surface area contributed by atoms with E-state index >= 15 is 0 Å². The summed E-state index contributed by atoms with van der Waals surface area (Å²) in [5.41, 5.74) is -2.21. The Labute approximate surface area is 439 Å². The van der Waals surface area contributed by atoms with E-state index in [0.717, 1.165) is 15.7 Å². The minimum Gasteiger partial charge on any atom is -0.373 e. The fourth-order valence-electron chi connectivity index (χ4n) is 8.62. The van der Waals surface area contributed by atoms with Crippen LogP contribution in [0, 0.1) is 11.3 Å². The van der Waals surface area contributed by atoms with Crippen LogP contribution >= 0.6 is 35.7 Å². The lowest BCUT2D eigenvalue weighted by atomic mass is 10.1. The third-order valence-electron chi connectivity index (χ3n) is 13.5. The Kier molecular flexibility index (Phi) is 21.7. The van der Waals surface area contributed by atoms with Crippen LogP contribution in [0.3, 0.4) is 0 Å². The van der Waals surface area contributed by atoms with Crippen molar-refractivity contribution in [2.24, 2.45) is 0 Å².